The molecule has 0 radical (unpaired) electrons. The SMILES string of the molecule is C=C(C)CC(C)=C[N+](C)(C)CC. The first-order valence-corrected chi connectivity index (χ1v) is 4.53. The molecule has 0 heterocycles. The molecule has 0 atom stereocenters. The molecule has 0 saturated carbocycles. The van der Waals surface area contributed by atoms with Crippen LogP contribution in [0.5, 0.6) is 0 Å². The maximum absolute atomic E-state index is 3.90. The lowest BCUT2D eigenvalue weighted by Crippen LogP contribution is -2.33. The quantitative estimate of drug-likeness (QED) is 0.447. The Morgan fingerprint density at radius 1 is 1.33 bits per heavy atom. The molecule has 70 valence electrons. The van der Waals surface area contributed by atoms with Gasteiger partial charge in [-0.1, -0.05) is 12.2 Å². The first kappa shape index (κ1) is 11.4. The summed E-state index contributed by atoms with van der Waals surface area (Å²) in [7, 11) is 4.42. The second-order valence-electron chi connectivity index (χ2n) is 4.20. The van der Waals surface area contributed by atoms with E-state index in [1.54, 1.807) is 0 Å². The van der Waals surface area contributed by atoms with Gasteiger partial charge in [0.05, 0.1) is 26.8 Å². The summed E-state index contributed by atoms with van der Waals surface area (Å²) in [4.78, 5) is 0. The van der Waals surface area contributed by atoms with Crippen LogP contribution in [0.3, 0.4) is 0 Å². The summed E-state index contributed by atoms with van der Waals surface area (Å²) < 4.78 is 0.957. The van der Waals surface area contributed by atoms with E-state index in [0.717, 1.165) is 17.4 Å². The third-order valence-electron chi connectivity index (χ3n) is 1.97. The lowest BCUT2D eigenvalue weighted by molar-refractivity contribution is -0.837. The minimum Gasteiger partial charge on any atom is -0.302 e. The van der Waals surface area contributed by atoms with Crippen LogP contribution in [0.15, 0.2) is 23.9 Å². The molecule has 0 spiro atoms. The van der Waals surface area contributed by atoms with Crippen LogP contribution < -0.4 is 0 Å². The minimum absolute atomic E-state index is 0.957. The molecule has 0 fully saturated rings. The third-order valence-corrected chi connectivity index (χ3v) is 1.97. The Labute approximate surface area is 77.0 Å². The Morgan fingerprint density at radius 2 is 1.83 bits per heavy atom. The fourth-order valence-corrected chi connectivity index (χ4v) is 1.21. The molecular weight excluding hydrogens is 146 g/mol. The molecule has 0 unspecified atom stereocenters. The molecule has 0 N–H and O–H groups in total. The Kier molecular flexibility index (Phi) is 4.25. The lowest BCUT2D eigenvalue weighted by Gasteiger charge is -2.23. The highest BCUT2D eigenvalue weighted by atomic mass is 15.3. The van der Waals surface area contributed by atoms with Crippen molar-refractivity contribution >= 4 is 0 Å². The van der Waals surface area contributed by atoms with Gasteiger partial charge in [-0.05, 0) is 32.8 Å². The number of rotatable bonds is 4. The Bertz CT molecular complexity index is 187. The van der Waals surface area contributed by atoms with Crippen LogP contribution in [-0.4, -0.2) is 25.1 Å². The van der Waals surface area contributed by atoms with Gasteiger partial charge < -0.3 is 4.48 Å². The van der Waals surface area contributed by atoms with Crippen molar-refractivity contribution in [3.63, 3.8) is 0 Å². The van der Waals surface area contributed by atoms with E-state index in [0.29, 0.717) is 0 Å². The van der Waals surface area contributed by atoms with Crippen LogP contribution in [0.2, 0.25) is 0 Å². The predicted octanol–water partition coefficient (Wildman–Crippen LogP) is 2.95. The van der Waals surface area contributed by atoms with Crippen molar-refractivity contribution in [1.29, 1.82) is 0 Å². The second kappa shape index (κ2) is 4.46. The zero-order valence-electron chi connectivity index (χ0n) is 9.15. The average molecular weight is 168 g/mol. The summed E-state index contributed by atoms with van der Waals surface area (Å²) in [6.45, 7) is 11.5. The number of quaternary nitrogens is 1. The molecule has 0 aromatic carbocycles. The maximum atomic E-state index is 3.90. The molecule has 1 nitrogen and oxygen atoms in total. The number of allylic oxidation sites excluding steroid dienone is 2. The van der Waals surface area contributed by atoms with Gasteiger partial charge >= 0.3 is 0 Å². The van der Waals surface area contributed by atoms with E-state index in [4.69, 9.17) is 0 Å². The molecule has 0 rings (SSSR count). The molecule has 0 aliphatic carbocycles. The fourth-order valence-electron chi connectivity index (χ4n) is 1.21. The monoisotopic (exact) mass is 168 g/mol. The Hall–Kier alpha value is -0.560. The number of nitrogens with zero attached hydrogens (tertiary/aromatic N) is 1. The average Bonchev–Trinajstić information content (AvgIpc) is 1.84. The summed E-state index contributed by atoms with van der Waals surface area (Å²) in [5.74, 6) is 0. The normalized spacial score (nSPS) is 13.2. The summed E-state index contributed by atoms with van der Waals surface area (Å²) in [5, 5.41) is 0. The van der Waals surface area contributed by atoms with Crippen molar-refractivity contribution < 1.29 is 4.48 Å². The van der Waals surface area contributed by atoms with E-state index in [1.807, 2.05) is 0 Å². The molecular formula is C11H22N+. The van der Waals surface area contributed by atoms with Gasteiger partial charge in [0.15, 0.2) is 0 Å². The first-order valence-electron chi connectivity index (χ1n) is 4.53. The van der Waals surface area contributed by atoms with Crippen molar-refractivity contribution in [3.8, 4) is 0 Å². The second-order valence-corrected chi connectivity index (χ2v) is 4.20. The van der Waals surface area contributed by atoms with E-state index >= 15 is 0 Å². The van der Waals surface area contributed by atoms with Gasteiger partial charge in [-0.15, -0.1) is 0 Å². The molecule has 0 aromatic heterocycles. The van der Waals surface area contributed by atoms with Crippen LogP contribution in [-0.2, 0) is 0 Å². The molecule has 0 aliphatic heterocycles. The molecule has 12 heavy (non-hydrogen) atoms. The van der Waals surface area contributed by atoms with Gasteiger partial charge in [0.25, 0.3) is 0 Å². The smallest absolute Gasteiger partial charge is 0.0946 e. The Morgan fingerprint density at radius 3 is 2.17 bits per heavy atom. The van der Waals surface area contributed by atoms with Crippen molar-refractivity contribution in [2.75, 3.05) is 20.6 Å². The van der Waals surface area contributed by atoms with E-state index in [9.17, 15) is 0 Å². The van der Waals surface area contributed by atoms with E-state index in [-0.39, 0.29) is 0 Å². The topological polar surface area (TPSA) is 0 Å². The van der Waals surface area contributed by atoms with Crippen LogP contribution >= 0.6 is 0 Å². The van der Waals surface area contributed by atoms with Crippen LogP contribution in [0.4, 0.5) is 0 Å². The molecule has 0 aromatic rings. The van der Waals surface area contributed by atoms with Crippen molar-refractivity contribution in [3.05, 3.63) is 23.9 Å². The van der Waals surface area contributed by atoms with Gasteiger partial charge in [0.2, 0.25) is 0 Å². The highest BCUT2D eigenvalue weighted by Gasteiger charge is 2.08. The fraction of sp³-hybridized carbons (Fsp3) is 0.636. The van der Waals surface area contributed by atoms with E-state index in [2.05, 4.69) is 47.6 Å². The molecule has 0 aliphatic rings. The molecule has 0 saturated heterocycles. The van der Waals surface area contributed by atoms with Crippen molar-refractivity contribution in [2.24, 2.45) is 0 Å². The Balaban J connectivity index is 4.24. The summed E-state index contributed by atoms with van der Waals surface area (Å²) >= 11 is 0. The van der Waals surface area contributed by atoms with Gasteiger partial charge in [-0.2, -0.15) is 0 Å². The third kappa shape index (κ3) is 5.14. The van der Waals surface area contributed by atoms with Gasteiger partial charge in [0.1, 0.15) is 0 Å². The minimum atomic E-state index is 0.957. The van der Waals surface area contributed by atoms with Gasteiger partial charge in [0, 0.05) is 0 Å². The largest absolute Gasteiger partial charge is 0.302 e. The summed E-state index contributed by atoms with van der Waals surface area (Å²) in [5.41, 5.74) is 2.65. The first-order chi connectivity index (χ1) is 5.37. The zero-order chi connectivity index (χ0) is 9.78. The zero-order valence-corrected chi connectivity index (χ0v) is 9.15. The predicted molar refractivity (Wildman–Crippen MR) is 55.8 cm³/mol. The van der Waals surface area contributed by atoms with Gasteiger partial charge in [-0.25, -0.2) is 0 Å². The van der Waals surface area contributed by atoms with E-state index < -0.39 is 0 Å². The van der Waals surface area contributed by atoms with Crippen LogP contribution in [0.1, 0.15) is 27.2 Å². The maximum Gasteiger partial charge on any atom is 0.0946 e. The van der Waals surface area contributed by atoms with Crippen LogP contribution in [0.25, 0.3) is 0 Å². The molecule has 0 bridgehead atoms. The lowest BCUT2D eigenvalue weighted by atomic mass is 10.1. The molecule has 0 amide bonds. The summed E-state index contributed by atoms with van der Waals surface area (Å²) in [6, 6.07) is 0. The van der Waals surface area contributed by atoms with Gasteiger partial charge in [-0.3, -0.25) is 0 Å². The highest BCUT2D eigenvalue weighted by Crippen LogP contribution is 2.10. The van der Waals surface area contributed by atoms with Crippen molar-refractivity contribution in [1.82, 2.24) is 0 Å². The number of hydrogen-bond donors (Lipinski definition) is 0. The van der Waals surface area contributed by atoms with Crippen LogP contribution in [0, 0.1) is 0 Å². The highest BCUT2D eigenvalue weighted by molar-refractivity contribution is 5.06. The number of hydrogen-bond acceptors (Lipinski definition) is 0. The van der Waals surface area contributed by atoms with E-state index in [1.165, 1.54) is 11.1 Å². The standard InChI is InChI=1S/C11H22N/c1-7-12(5,6)9-11(4)8-10(2)3/h9H,2,7-8H2,1,3-6H3/q+1. The van der Waals surface area contributed by atoms with Crippen molar-refractivity contribution in [2.45, 2.75) is 27.2 Å². The molecule has 1 heteroatoms. The summed E-state index contributed by atoms with van der Waals surface area (Å²) in [6.07, 6.45) is 3.33.